The fraction of sp³-hybridized carbons (Fsp3) is 0.562. The second-order valence-corrected chi connectivity index (χ2v) is 5.78. The minimum Gasteiger partial charge on any atom is -0.331 e. The average molecular weight is 257 g/mol. The molecule has 0 aromatic heterocycles. The molecule has 0 unspecified atom stereocenters. The summed E-state index contributed by atoms with van der Waals surface area (Å²) >= 11 is 0. The molecule has 1 aromatic carbocycles. The average Bonchev–Trinajstić information content (AvgIpc) is 3.02. The first-order valence-corrected chi connectivity index (χ1v) is 7.42. The molecular formula is C16H23N3. The number of anilines is 1. The Morgan fingerprint density at radius 2 is 1.95 bits per heavy atom. The number of aliphatic imine (C=N–C) groups is 1. The molecule has 1 aliphatic heterocycles. The monoisotopic (exact) mass is 257 g/mol. The number of nitrogens with zero attached hydrogens (tertiary/aromatic N) is 2. The van der Waals surface area contributed by atoms with E-state index in [-0.39, 0.29) is 5.41 Å². The smallest absolute Gasteiger partial charge is 0.0895 e. The fourth-order valence-electron chi connectivity index (χ4n) is 3.55. The molecule has 0 spiro atoms. The quantitative estimate of drug-likeness (QED) is 0.904. The van der Waals surface area contributed by atoms with E-state index >= 15 is 0 Å². The summed E-state index contributed by atoms with van der Waals surface area (Å²) in [7, 11) is 0. The highest BCUT2D eigenvalue weighted by Gasteiger charge is 2.35. The lowest BCUT2D eigenvalue weighted by Gasteiger charge is -2.39. The molecule has 0 atom stereocenters. The van der Waals surface area contributed by atoms with Gasteiger partial charge >= 0.3 is 0 Å². The molecule has 0 radical (unpaired) electrons. The van der Waals surface area contributed by atoms with Crippen molar-refractivity contribution in [3.8, 4) is 0 Å². The van der Waals surface area contributed by atoms with Crippen LogP contribution in [0.4, 0.5) is 5.69 Å². The predicted octanol–water partition coefficient (Wildman–Crippen LogP) is 2.70. The Bertz CT molecular complexity index is 461. The van der Waals surface area contributed by atoms with Gasteiger partial charge in [0.1, 0.15) is 0 Å². The van der Waals surface area contributed by atoms with Gasteiger partial charge in [-0.3, -0.25) is 4.99 Å². The topological polar surface area (TPSA) is 41.6 Å². The number of rotatable bonds is 3. The molecule has 0 amide bonds. The molecule has 3 nitrogen and oxygen atoms in total. The van der Waals surface area contributed by atoms with E-state index < -0.39 is 0 Å². The minimum atomic E-state index is 0.186. The summed E-state index contributed by atoms with van der Waals surface area (Å²) in [5.41, 5.74) is 9.12. The van der Waals surface area contributed by atoms with Crippen LogP contribution in [-0.2, 0) is 5.41 Å². The van der Waals surface area contributed by atoms with Crippen LogP contribution >= 0.6 is 0 Å². The van der Waals surface area contributed by atoms with Crippen LogP contribution in [0.25, 0.3) is 0 Å². The van der Waals surface area contributed by atoms with E-state index in [0.29, 0.717) is 0 Å². The third kappa shape index (κ3) is 2.27. The summed E-state index contributed by atoms with van der Waals surface area (Å²) in [4.78, 5) is 6.62. The van der Waals surface area contributed by atoms with Gasteiger partial charge in [0.15, 0.2) is 0 Å². The number of hydrogen-bond donors (Lipinski definition) is 1. The highest BCUT2D eigenvalue weighted by atomic mass is 15.2. The zero-order valence-electron chi connectivity index (χ0n) is 11.5. The van der Waals surface area contributed by atoms with E-state index in [1.807, 2.05) is 6.34 Å². The third-order valence-electron chi connectivity index (χ3n) is 4.68. The van der Waals surface area contributed by atoms with Crippen molar-refractivity contribution in [1.29, 1.82) is 0 Å². The molecule has 0 saturated heterocycles. The molecule has 2 aliphatic rings. The van der Waals surface area contributed by atoms with E-state index in [4.69, 9.17) is 5.73 Å². The highest BCUT2D eigenvalue weighted by molar-refractivity contribution is 5.83. The molecule has 1 fully saturated rings. The molecule has 1 aromatic rings. The van der Waals surface area contributed by atoms with Crippen molar-refractivity contribution in [2.45, 2.75) is 37.5 Å². The van der Waals surface area contributed by atoms with Gasteiger partial charge in [-0.1, -0.05) is 37.5 Å². The molecule has 3 rings (SSSR count). The van der Waals surface area contributed by atoms with Gasteiger partial charge in [-0.2, -0.15) is 0 Å². The van der Waals surface area contributed by atoms with Gasteiger partial charge in [-0.05, 0) is 24.5 Å². The summed E-state index contributed by atoms with van der Waals surface area (Å²) in [6.45, 7) is 2.66. The van der Waals surface area contributed by atoms with Crippen molar-refractivity contribution in [1.82, 2.24) is 0 Å². The van der Waals surface area contributed by atoms with Gasteiger partial charge in [0.05, 0.1) is 12.9 Å². The maximum atomic E-state index is 6.19. The van der Waals surface area contributed by atoms with Gasteiger partial charge < -0.3 is 10.6 Å². The lowest BCUT2D eigenvalue weighted by Crippen LogP contribution is -2.38. The van der Waals surface area contributed by atoms with Gasteiger partial charge in [0.25, 0.3) is 0 Å². The van der Waals surface area contributed by atoms with Crippen LogP contribution in [0.2, 0.25) is 0 Å². The summed E-state index contributed by atoms with van der Waals surface area (Å²) in [6.07, 6.45) is 8.40. The molecule has 19 heavy (non-hydrogen) atoms. The molecular weight excluding hydrogens is 234 g/mol. The number of benzene rings is 1. The summed E-state index contributed by atoms with van der Waals surface area (Å²) < 4.78 is 0. The predicted molar refractivity (Wildman–Crippen MR) is 81.0 cm³/mol. The highest BCUT2D eigenvalue weighted by Crippen LogP contribution is 2.42. The minimum absolute atomic E-state index is 0.186. The van der Waals surface area contributed by atoms with E-state index in [1.54, 1.807) is 0 Å². The van der Waals surface area contributed by atoms with E-state index in [9.17, 15) is 0 Å². The Morgan fingerprint density at radius 3 is 2.63 bits per heavy atom. The number of para-hydroxylation sites is 1. The van der Waals surface area contributed by atoms with Crippen molar-refractivity contribution in [3.63, 3.8) is 0 Å². The van der Waals surface area contributed by atoms with E-state index in [2.05, 4.69) is 34.2 Å². The maximum Gasteiger partial charge on any atom is 0.0895 e. The Kier molecular flexibility index (Phi) is 3.56. The van der Waals surface area contributed by atoms with Crippen LogP contribution < -0.4 is 10.6 Å². The van der Waals surface area contributed by atoms with Crippen molar-refractivity contribution in [2.24, 2.45) is 10.7 Å². The maximum absolute atomic E-state index is 6.19. The second kappa shape index (κ2) is 5.33. The second-order valence-electron chi connectivity index (χ2n) is 5.78. The number of nitrogens with two attached hydrogens (primary N) is 1. The fourth-order valence-corrected chi connectivity index (χ4v) is 3.55. The zero-order chi connectivity index (χ0) is 13.1. The van der Waals surface area contributed by atoms with Crippen LogP contribution in [0.1, 0.15) is 37.7 Å². The molecule has 102 valence electrons. The van der Waals surface area contributed by atoms with Crippen LogP contribution in [0.3, 0.4) is 0 Å². The standard InChI is InChI=1S/C16H23N3/c17-12-16(8-4-1-5-9-16)14-6-2-3-7-15(14)19-11-10-18-13-19/h2-3,6-7,13H,1,4-5,8-12,17H2. The van der Waals surface area contributed by atoms with Gasteiger partial charge in [0, 0.05) is 24.2 Å². The number of hydrogen-bond acceptors (Lipinski definition) is 3. The van der Waals surface area contributed by atoms with Crippen molar-refractivity contribution in [3.05, 3.63) is 29.8 Å². The summed E-state index contributed by atoms with van der Waals surface area (Å²) in [5.74, 6) is 0. The van der Waals surface area contributed by atoms with Crippen LogP contribution in [0, 0.1) is 0 Å². The van der Waals surface area contributed by atoms with Crippen molar-refractivity contribution < 1.29 is 0 Å². The molecule has 1 aliphatic carbocycles. The van der Waals surface area contributed by atoms with Crippen LogP contribution in [0.15, 0.2) is 29.3 Å². The Labute approximate surface area is 115 Å². The van der Waals surface area contributed by atoms with Crippen LogP contribution in [0.5, 0.6) is 0 Å². The van der Waals surface area contributed by atoms with E-state index in [0.717, 1.165) is 19.6 Å². The normalized spacial score (nSPS) is 21.8. The van der Waals surface area contributed by atoms with Gasteiger partial charge in [-0.15, -0.1) is 0 Å². The first-order chi connectivity index (χ1) is 9.36. The van der Waals surface area contributed by atoms with Crippen molar-refractivity contribution >= 4 is 12.0 Å². The summed E-state index contributed by atoms with van der Waals surface area (Å²) in [6, 6.07) is 8.77. The molecule has 1 heterocycles. The first-order valence-electron chi connectivity index (χ1n) is 7.42. The third-order valence-corrected chi connectivity index (χ3v) is 4.68. The molecule has 2 N–H and O–H groups in total. The first kappa shape index (κ1) is 12.7. The van der Waals surface area contributed by atoms with Gasteiger partial charge in [0.2, 0.25) is 0 Å². The lowest BCUT2D eigenvalue weighted by atomic mass is 9.69. The Hall–Kier alpha value is -1.35. The lowest BCUT2D eigenvalue weighted by molar-refractivity contribution is 0.301. The van der Waals surface area contributed by atoms with Crippen LogP contribution in [-0.4, -0.2) is 26.0 Å². The summed E-state index contributed by atoms with van der Waals surface area (Å²) in [5, 5.41) is 0. The molecule has 3 heteroatoms. The van der Waals surface area contributed by atoms with Gasteiger partial charge in [-0.25, -0.2) is 0 Å². The SMILES string of the molecule is NCC1(c2ccccc2N2C=NCC2)CCCCC1. The Morgan fingerprint density at radius 1 is 1.16 bits per heavy atom. The van der Waals surface area contributed by atoms with Crippen molar-refractivity contribution in [2.75, 3.05) is 24.5 Å². The largest absolute Gasteiger partial charge is 0.331 e. The zero-order valence-corrected chi connectivity index (χ0v) is 11.5. The molecule has 0 bridgehead atoms. The molecule has 1 saturated carbocycles. The van der Waals surface area contributed by atoms with E-state index in [1.165, 1.54) is 43.4 Å². The Balaban J connectivity index is 2.00.